The van der Waals surface area contributed by atoms with E-state index in [-0.39, 0.29) is 17.5 Å². The number of nitrogens with one attached hydrogen (secondary N) is 1. The van der Waals surface area contributed by atoms with Gasteiger partial charge in [-0.15, -0.1) is 11.3 Å². The largest absolute Gasteiger partial charge is 0.349 e. The number of amides is 1. The predicted octanol–water partition coefficient (Wildman–Crippen LogP) is 2.20. The molecule has 88 valence electrons. The van der Waals surface area contributed by atoms with Gasteiger partial charge in [-0.3, -0.25) is 4.79 Å². The molecule has 0 radical (unpaired) electrons. The lowest BCUT2D eigenvalue weighted by atomic mass is 9.75. The fourth-order valence-corrected chi connectivity index (χ4v) is 2.76. The van der Waals surface area contributed by atoms with Crippen molar-refractivity contribution in [2.24, 2.45) is 5.73 Å². The van der Waals surface area contributed by atoms with Crippen LogP contribution in [0.2, 0.25) is 0 Å². The Hall–Kier alpha value is -0.870. The third-order valence-electron chi connectivity index (χ3n) is 3.21. The van der Waals surface area contributed by atoms with Gasteiger partial charge in [0.1, 0.15) is 0 Å². The van der Waals surface area contributed by atoms with Crippen molar-refractivity contribution < 1.29 is 4.79 Å². The van der Waals surface area contributed by atoms with Crippen molar-refractivity contribution in [2.75, 3.05) is 0 Å². The molecule has 1 aromatic heterocycles. The fourth-order valence-electron chi connectivity index (χ4n) is 2.03. The second-order valence-corrected chi connectivity index (χ2v) is 5.68. The van der Waals surface area contributed by atoms with E-state index >= 15 is 0 Å². The molecule has 0 unspecified atom stereocenters. The Labute approximate surface area is 100 Å². The smallest absolute Gasteiger partial charge is 0.222 e. The van der Waals surface area contributed by atoms with Crippen LogP contribution in [0.5, 0.6) is 0 Å². The Morgan fingerprint density at radius 3 is 2.94 bits per heavy atom. The number of thiophene rings is 1. The average Bonchev–Trinajstić information content (AvgIpc) is 2.67. The lowest BCUT2D eigenvalue weighted by molar-refractivity contribution is -0.123. The van der Waals surface area contributed by atoms with Crippen LogP contribution in [0.15, 0.2) is 17.5 Å². The van der Waals surface area contributed by atoms with Gasteiger partial charge in [0.15, 0.2) is 0 Å². The van der Waals surface area contributed by atoms with Crippen LogP contribution < -0.4 is 11.1 Å². The van der Waals surface area contributed by atoms with E-state index in [2.05, 4.69) is 5.32 Å². The molecule has 1 saturated carbocycles. The molecule has 1 atom stereocenters. The quantitative estimate of drug-likeness (QED) is 0.845. The molecule has 3 nitrogen and oxygen atoms in total. The summed E-state index contributed by atoms with van der Waals surface area (Å²) < 4.78 is 0. The molecule has 0 saturated heterocycles. The number of nitrogens with two attached hydrogens (primary N) is 1. The van der Waals surface area contributed by atoms with Gasteiger partial charge in [-0.05, 0) is 37.6 Å². The summed E-state index contributed by atoms with van der Waals surface area (Å²) in [5.74, 6) is 0.0723. The summed E-state index contributed by atoms with van der Waals surface area (Å²) in [4.78, 5) is 13.0. The van der Waals surface area contributed by atoms with Crippen LogP contribution in [0.3, 0.4) is 0 Å². The average molecular weight is 238 g/mol. The minimum atomic E-state index is -0.223. The maximum atomic E-state index is 11.8. The highest BCUT2D eigenvalue weighted by atomic mass is 32.1. The number of hydrogen-bond acceptors (Lipinski definition) is 3. The maximum Gasteiger partial charge on any atom is 0.222 e. The summed E-state index contributed by atoms with van der Waals surface area (Å²) in [5, 5.41) is 5.02. The Bertz CT molecular complexity index is 357. The summed E-state index contributed by atoms with van der Waals surface area (Å²) in [6, 6.07) is 4.13. The van der Waals surface area contributed by atoms with E-state index < -0.39 is 0 Å². The summed E-state index contributed by atoms with van der Waals surface area (Å²) in [5.41, 5.74) is 5.82. The molecule has 1 amide bonds. The third-order valence-corrected chi connectivity index (χ3v) is 4.26. The highest BCUT2D eigenvalue weighted by Gasteiger charge is 2.34. The molecule has 1 aromatic rings. The maximum absolute atomic E-state index is 11.8. The van der Waals surface area contributed by atoms with Crippen molar-refractivity contribution in [3.8, 4) is 0 Å². The van der Waals surface area contributed by atoms with Gasteiger partial charge in [-0.1, -0.05) is 6.07 Å². The minimum absolute atomic E-state index is 0.0723. The van der Waals surface area contributed by atoms with Gasteiger partial charge in [-0.2, -0.15) is 0 Å². The second kappa shape index (κ2) is 4.55. The Morgan fingerprint density at radius 1 is 1.69 bits per heavy atom. The van der Waals surface area contributed by atoms with E-state index in [0.717, 1.165) is 19.3 Å². The van der Waals surface area contributed by atoms with Crippen molar-refractivity contribution >= 4 is 17.2 Å². The van der Waals surface area contributed by atoms with Gasteiger partial charge in [0.05, 0.1) is 6.04 Å². The van der Waals surface area contributed by atoms with E-state index in [0.29, 0.717) is 6.42 Å². The van der Waals surface area contributed by atoms with Crippen LogP contribution in [-0.2, 0) is 4.79 Å². The number of rotatable bonds is 4. The molecular formula is C12H18N2OS. The zero-order valence-corrected chi connectivity index (χ0v) is 10.3. The van der Waals surface area contributed by atoms with Gasteiger partial charge < -0.3 is 11.1 Å². The standard InChI is InChI=1S/C12H18N2OS/c1-9(10-4-2-7-16-10)14-11(15)8-12(13)5-3-6-12/h2,4,7,9H,3,5-6,8,13H2,1H3,(H,14,15)/t9-/m1/s1. The first-order chi connectivity index (χ1) is 7.59. The van der Waals surface area contributed by atoms with Gasteiger partial charge in [0, 0.05) is 16.8 Å². The molecule has 1 aliphatic rings. The van der Waals surface area contributed by atoms with Crippen LogP contribution in [-0.4, -0.2) is 11.4 Å². The third kappa shape index (κ3) is 2.62. The monoisotopic (exact) mass is 238 g/mol. The van der Waals surface area contributed by atoms with Crippen LogP contribution >= 0.6 is 11.3 Å². The van der Waals surface area contributed by atoms with Crippen LogP contribution in [0.4, 0.5) is 0 Å². The normalized spacial score (nSPS) is 19.9. The molecule has 0 aliphatic heterocycles. The summed E-state index contributed by atoms with van der Waals surface area (Å²) in [7, 11) is 0. The first-order valence-electron chi connectivity index (χ1n) is 5.71. The Morgan fingerprint density at radius 2 is 2.44 bits per heavy atom. The van der Waals surface area contributed by atoms with Crippen molar-refractivity contribution in [1.82, 2.24) is 5.32 Å². The lowest BCUT2D eigenvalue weighted by Crippen LogP contribution is -2.50. The topological polar surface area (TPSA) is 55.1 Å². The van der Waals surface area contributed by atoms with Crippen LogP contribution in [0, 0.1) is 0 Å². The Balaban J connectivity index is 1.83. The van der Waals surface area contributed by atoms with E-state index in [1.807, 2.05) is 24.4 Å². The predicted molar refractivity (Wildman–Crippen MR) is 66.3 cm³/mol. The zero-order chi connectivity index (χ0) is 11.6. The molecule has 1 fully saturated rings. The number of carbonyl (C=O) groups is 1. The summed E-state index contributed by atoms with van der Waals surface area (Å²) in [6.07, 6.45) is 3.58. The van der Waals surface area contributed by atoms with E-state index in [4.69, 9.17) is 5.73 Å². The fraction of sp³-hybridized carbons (Fsp3) is 0.583. The van der Waals surface area contributed by atoms with Crippen molar-refractivity contribution in [3.05, 3.63) is 22.4 Å². The van der Waals surface area contributed by atoms with Gasteiger partial charge in [0.2, 0.25) is 5.91 Å². The first-order valence-corrected chi connectivity index (χ1v) is 6.59. The first kappa shape index (κ1) is 11.6. The highest BCUT2D eigenvalue weighted by Crippen LogP contribution is 2.32. The molecular weight excluding hydrogens is 220 g/mol. The van der Waals surface area contributed by atoms with Gasteiger partial charge in [0.25, 0.3) is 0 Å². The van der Waals surface area contributed by atoms with Gasteiger partial charge in [-0.25, -0.2) is 0 Å². The summed E-state index contributed by atoms with van der Waals surface area (Å²) >= 11 is 1.66. The highest BCUT2D eigenvalue weighted by molar-refractivity contribution is 7.10. The second-order valence-electron chi connectivity index (χ2n) is 4.70. The molecule has 1 aliphatic carbocycles. The minimum Gasteiger partial charge on any atom is -0.349 e. The van der Waals surface area contributed by atoms with Crippen molar-refractivity contribution in [1.29, 1.82) is 0 Å². The lowest BCUT2D eigenvalue weighted by Gasteiger charge is -2.37. The van der Waals surface area contributed by atoms with Crippen molar-refractivity contribution in [2.45, 2.75) is 44.2 Å². The van der Waals surface area contributed by atoms with Crippen LogP contribution in [0.1, 0.15) is 43.5 Å². The van der Waals surface area contributed by atoms with Crippen molar-refractivity contribution in [3.63, 3.8) is 0 Å². The molecule has 1 heterocycles. The van der Waals surface area contributed by atoms with E-state index in [9.17, 15) is 4.79 Å². The SMILES string of the molecule is C[C@@H](NC(=O)CC1(N)CCC1)c1cccs1. The molecule has 0 bridgehead atoms. The number of carbonyl (C=O) groups excluding carboxylic acids is 1. The van der Waals surface area contributed by atoms with E-state index in [1.165, 1.54) is 4.88 Å². The molecule has 0 spiro atoms. The molecule has 4 heteroatoms. The number of hydrogen-bond donors (Lipinski definition) is 2. The Kier molecular flexibility index (Phi) is 3.30. The van der Waals surface area contributed by atoms with E-state index in [1.54, 1.807) is 11.3 Å². The molecule has 2 rings (SSSR count). The molecule has 0 aromatic carbocycles. The molecule has 16 heavy (non-hydrogen) atoms. The van der Waals surface area contributed by atoms with Crippen LogP contribution in [0.25, 0.3) is 0 Å². The zero-order valence-electron chi connectivity index (χ0n) is 9.53. The summed E-state index contributed by atoms with van der Waals surface area (Å²) in [6.45, 7) is 2.01. The molecule has 3 N–H and O–H groups in total. The van der Waals surface area contributed by atoms with Gasteiger partial charge >= 0.3 is 0 Å².